The summed E-state index contributed by atoms with van der Waals surface area (Å²) in [5.41, 5.74) is -0.930. The van der Waals surface area contributed by atoms with E-state index in [-0.39, 0.29) is 39.3 Å². The quantitative estimate of drug-likeness (QED) is 0.226. The minimum Gasteiger partial charge on any atom is -0.481 e. The van der Waals surface area contributed by atoms with Gasteiger partial charge in [0, 0.05) is 14.0 Å². The summed E-state index contributed by atoms with van der Waals surface area (Å²) in [6, 6.07) is 0. The molecule has 0 bridgehead atoms. The van der Waals surface area contributed by atoms with Gasteiger partial charge >= 0.3 is 0 Å². The van der Waals surface area contributed by atoms with Gasteiger partial charge in [0.2, 0.25) is 0 Å². The van der Waals surface area contributed by atoms with Gasteiger partial charge in [-0.2, -0.15) is 0 Å². The molecule has 4 N–H and O–H groups in total. The Hall–Kier alpha value is -1.26. The molecule has 0 saturated heterocycles. The molecule has 0 spiro atoms. The van der Waals surface area contributed by atoms with Crippen LogP contribution in [0.25, 0.3) is 0 Å². The van der Waals surface area contributed by atoms with Gasteiger partial charge in [0.05, 0.1) is 23.4 Å². The third kappa shape index (κ3) is 214. The molecule has 0 saturated carbocycles. The molecule has 0 fully saturated rings. The maximum Gasteiger partial charge on any atom is 0.300 e. The second kappa shape index (κ2) is 26.7. The van der Waals surface area contributed by atoms with E-state index in [0.29, 0.717) is 6.47 Å². The zero-order chi connectivity index (χ0) is 23.3. The van der Waals surface area contributed by atoms with Gasteiger partial charge < -0.3 is 25.2 Å². The van der Waals surface area contributed by atoms with E-state index in [1.807, 2.05) is 41.5 Å². The summed E-state index contributed by atoms with van der Waals surface area (Å²) < 4.78 is 4.05. The lowest BCUT2D eigenvalue weighted by atomic mass is 10.2. The number of rotatable bonds is 4. The number of hydrogen-bond donors (Lipinski definition) is 4. The molecule has 0 heterocycles. The van der Waals surface area contributed by atoms with Gasteiger partial charge in [0.15, 0.2) is 0 Å². The predicted molar refractivity (Wildman–Crippen MR) is 118 cm³/mol. The van der Waals surface area contributed by atoms with Crippen molar-refractivity contribution in [2.75, 3.05) is 20.3 Å². The summed E-state index contributed by atoms with van der Waals surface area (Å²) in [5.74, 6) is -0.833. The summed E-state index contributed by atoms with van der Waals surface area (Å²) >= 11 is 0. The van der Waals surface area contributed by atoms with Gasteiger partial charge in [-0.25, -0.2) is 9.78 Å². The Bertz CT molecular complexity index is 287. The van der Waals surface area contributed by atoms with E-state index < -0.39 is 11.6 Å². The van der Waals surface area contributed by atoms with Crippen molar-refractivity contribution in [3.8, 4) is 0 Å². The number of ether oxygens (including phenoxy) is 1. The van der Waals surface area contributed by atoms with E-state index in [1.54, 1.807) is 20.8 Å². The van der Waals surface area contributed by atoms with Crippen molar-refractivity contribution < 1.29 is 44.5 Å². The Labute approximate surface area is 178 Å². The topological polar surface area (TPSA) is 143 Å². The third-order valence-electron chi connectivity index (χ3n) is 0.819. The number of aliphatic carboxylic acids is 1. The fourth-order valence-corrected chi connectivity index (χ4v) is 0.351. The Kier molecular flexibility index (Phi) is 42.5. The molecule has 0 aromatic carbocycles. The largest absolute Gasteiger partial charge is 0.481 e. The van der Waals surface area contributed by atoms with Crippen LogP contribution in [0.5, 0.6) is 0 Å². The Morgan fingerprint density at radius 2 is 1.07 bits per heavy atom. The van der Waals surface area contributed by atoms with Crippen molar-refractivity contribution in [2.45, 2.75) is 101 Å². The molecule has 0 radical (unpaired) electrons. The lowest BCUT2D eigenvalue weighted by Gasteiger charge is -2.24. The number of carboxylic acid groups (broad SMARTS) is 1. The van der Waals surface area contributed by atoms with Crippen LogP contribution in [0.3, 0.4) is 0 Å². The highest BCUT2D eigenvalue weighted by Crippen LogP contribution is 2.14. The third-order valence-corrected chi connectivity index (χ3v) is 0.819. The number of aliphatic hydroxyl groups excluding tert-OH is 2. The van der Waals surface area contributed by atoms with Gasteiger partial charge in [-0.15, -0.1) is 0 Å². The van der Waals surface area contributed by atoms with Gasteiger partial charge in [-0.05, 0) is 62.3 Å². The van der Waals surface area contributed by atoms with E-state index in [1.165, 1.54) is 0 Å². The number of carbonyl (C=O) groups is 2. The van der Waals surface area contributed by atoms with Crippen LogP contribution < -0.4 is 0 Å². The molecular formula is C20H50O9. The molecule has 0 unspecified atom stereocenters. The smallest absolute Gasteiger partial charge is 0.300 e. The van der Waals surface area contributed by atoms with Crippen LogP contribution in [-0.2, 0) is 24.1 Å². The maximum atomic E-state index is 9.23. The molecule has 0 rings (SSSR count). The zero-order valence-electron chi connectivity index (χ0n) is 18.8. The van der Waals surface area contributed by atoms with Crippen LogP contribution >= 0.6 is 0 Å². The summed E-state index contributed by atoms with van der Waals surface area (Å²) in [5, 5.41) is 30.9. The monoisotopic (exact) mass is 434 g/mol. The first-order valence-electron chi connectivity index (χ1n) is 8.25. The lowest BCUT2D eigenvalue weighted by molar-refractivity contribution is -0.393. The van der Waals surface area contributed by atoms with E-state index >= 15 is 0 Å². The molecule has 0 aliphatic carbocycles. The Balaban J connectivity index is -0.0000000447. The number of carboxylic acids is 1. The van der Waals surface area contributed by atoms with Crippen LogP contribution in [0.2, 0.25) is 0 Å². The molecule has 9 heteroatoms. The van der Waals surface area contributed by atoms with E-state index in [2.05, 4.69) is 4.74 Å². The molecule has 9 nitrogen and oxygen atoms in total. The Morgan fingerprint density at radius 1 is 0.862 bits per heavy atom. The van der Waals surface area contributed by atoms with Crippen molar-refractivity contribution in [1.82, 2.24) is 0 Å². The minimum absolute atomic E-state index is 0. The van der Waals surface area contributed by atoms with Crippen molar-refractivity contribution >= 4 is 12.4 Å². The second-order valence-electron chi connectivity index (χ2n) is 7.77. The van der Waals surface area contributed by atoms with Crippen LogP contribution in [0.1, 0.15) is 84.1 Å². The molecule has 0 aromatic rings. The number of aliphatic hydroxyl groups is 3. The summed E-state index contributed by atoms with van der Waals surface area (Å²) in [7, 11) is 1.00. The predicted octanol–water partition coefficient (Wildman–Crippen LogP) is 3.43. The highest BCUT2D eigenvalue weighted by Gasteiger charge is 2.18. The second-order valence-corrected chi connectivity index (χ2v) is 7.77. The average molecular weight is 435 g/mol. The van der Waals surface area contributed by atoms with Gasteiger partial charge in [-0.1, -0.05) is 14.9 Å². The van der Waals surface area contributed by atoms with Gasteiger partial charge in [0.1, 0.15) is 6.61 Å². The lowest BCUT2D eigenvalue weighted by Crippen LogP contribution is -2.27. The van der Waals surface area contributed by atoms with Crippen LogP contribution in [0.4, 0.5) is 0 Å². The minimum atomic E-state index is -0.833. The standard InChI is InChI=1S/C8H18O2.C4H10O.C3H6O3.C2H4O2.CH4O.2CH4/c1-7(2,3)9-10-8(4,5)6;1-4(2,3)5;4-1-2-6-3-5;1-2(3)4;1-2;;/h1-6H3;5H,1-3H3;3-4H,1-2H2;1H3,(H,3,4);2H,1H3;2*1H4. The highest BCUT2D eigenvalue weighted by atomic mass is 17.2. The average Bonchev–Trinajstić information content (AvgIpc) is 2.42. The molecule has 0 aromatic heterocycles. The molecule has 29 heavy (non-hydrogen) atoms. The summed E-state index contributed by atoms with van der Waals surface area (Å²) in [6.45, 7) is 18.4. The molecule has 0 aliphatic rings. The fraction of sp³-hybridized carbons (Fsp3) is 0.900. The molecule has 0 amide bonds. The molecule has 0 aliphatic heterocycles. The highest BCUT2D eigenvalue weighted by molar-refractivity contribution is 5.62. The summed E-state index contributed by atoms with van der Waals surface area (Å²) in [6.07, 6.45) is 0. The van der Waals surface area contributed by atoms with Crippen molar-refractivity contribution in [1.29, 1.82) is 0 Å². The van der Waals surface area contributed by atoms with Crippen molar-refractivity contribution in [3.63, 3.8) is 0 Å². The Morgan fingerprint density at radius 3 is 1.14 bits per heavy atom. The zero-order valence-corrected chi connectivity index (χ0v) is 18.8. The summed E-state index contributed by atoms with van der Waals surface area (Å²) in [4.78, 5) is 28.4. The van der Waals surface area contributed by atoms with Crippen molar-refractivity contribution in [3.05, 3.63) is 0 Å². The molecule has 0 atom stereocenters. The number of carbonyl (C=O) groups excluding carboxylic acids is 1. The fourth-order valence-electron chi connectivity index (χ4n) is 0.351. The van der Waals surface area contributed by atoms with E-state index in [9.17, 15) is 4.79 Å². The van der Waals surface area contributed by atoms with Crippen LogP contribution in [-0.4, -0.2) is 70.0 Å². The van der Waals surface area contributed by atoms with Gasteiger partial charge in [0.25, 0.3) is 12.4 Å². The first kappa shape index (κ1) is 46.1. The maximum absolute atomic E-state index is 9.23. The first-order chi connectivity index (χ1) is 11.9. The first-order valence-corrected chi connectivity index (χ1v) is 8.25. The van der Waals surface area contributed by atoms with Crippen molar-refractivity contribution in [2.24, 2.45) is 0 Å². The van der Waals surface area contributed by atoms with Crippen LogP contribution in [0, 0.1) is 0 Å². The van der Waals surface area contributed by atoms with E-state index in [0.717, 1.165) is 14.0 Å². The molecule has 184 valence electrons. The van der Waals surface area contributed by atoms with Crippen LogP contribution in [0.15, 0.2) is 0 Å². The normalized spacial score (nSPS) is 9.45. The van der Waals surface area contributed by atoms with Gasteiger partial charge in [-0.3, -0.25) is 9.59 Å². The number of hydrogen-bond acceptors (Lipinski definition) is 8. The van der Waals surface area contributed by atoms with E-state index in [4.69, 9.17) is 35.0 Å². The molecular weight excluding hydrogens is 384 g/mol. The SMILES string of the molecule is C.C.CC(=O)O.CC(C)(C)O.CC(C)(C)OOC(C)(C)C.CO.O=COCCO.